The van der Waals surface area contributed by atoms with E-state index >= 15 is 0 Å². The first kappa shape index (κ1) is 9.65. The van der Waals surface area contributed by atoms with Crippen LogP contribution >= 0.6 is 0 Å². The van der Waals surface area contributed by atoms with E-state index in [0.717, 1.165) is 16.9 Å². The molecule has 0 saturated carbocycles. The molecule has 0 radical (unpaired) electrons. The number of anilines is 2. The Morgan fingerprint density at radius 2 is 1.82 bits per heavy atom. The van der Waals surface area contributed by atoms with Crippen LogP contribution in [0.3, 0.4) is 0 Å². The molecule has 2 aromatic heterocycles. The lowest BCUT2D eigenvalue weighted by atomic mass is 10.1. The first-order valence-corrected chi connectivity index (χ1v) is 5.21. The van der Waals surface area contributed by atoms with Crippen molar-refractivity contribution in [2.24, 2.45) is 0 Å². The van der Waals surface area contributed by atoms with Gasteiger partial charge in [0.25, 0.3) is 0 Å². The van der Waals surface area contributed by atoms with Crippen LogP contribution in [0.15, 0.2) is 42.5 Å². The fourth-order valence-electron chi connectivity index (χ4n) is 1.84. The summed E-state index contributed by atoms with van der Waals surface area (Å²) in [5.41, 5.74) is 14.7. The van der Waals surface area contributed by atoms with Gasteiger partial charge in [-0.3, -0.25) is 0 Å². The predicted molar refractivity (Wildman–Crippen MR) is 67.2 cm³/mol. The van der Waals surface area contributed by atoms with Crippen LogP contribution in [0.25, 0.3) is 16.9 Å². The highest BCUT2D eigenvalue weighted by Crippen LogP contribution is 2.22. The van der Waals surface area contributed by atoms with E-state index in [1.165, 1.54) is 0 Å². The van der Waals surface area contributed by atoms with Gasteiger partial charge >= 0.3 is 0 Å². The number of nitrogens with two attached hydrogens (primary N) is 2. The average molecular weight is 225 g/mol. The SMILES string of the molecule is Nc1cccc(-c2cccc3nc(N)nn23)c1. The number of aromatic nitrogens is 3. The smallest absolute Gasteiger partial charge is 0.240 e. The fraction of sp³-hybridized carbons (Fsp3) is 0. The van der Waals surface area contributed by atoms with Gasteiger partial charge in [-0.15, -0.1) is 5.10 Å². The fourth-order valence-corrected chi connectivity index (χ4v) is 1.84. The van der Waals surface area contributed by atoms with E-state index in [4.69, 9.17) is 11.5 Å². The second kappa shape index (κ2) is 3.48. The van der Waals surface area contributed by atoms with Crippen molar-refractivity contribution in [1.82, 2.24) is 14.6 Å². The second-order valence-electron chi connectivity index (χ2n) is 3.78. The van der Waals surface area contributed by atoms with Gasteiger partial charge in [-0.2, -0.15) is 4.98 Å². The lowest BCUT2D eigenvalue weighted by molar-refractivity contribution is 0.976. The van der Waals surface area contributed by atoms with Crippen LogP contribution in [-0.4, -0.2) is 14.6 Å². The monoisotopic (exact) mass is 225 g/mol. The summed E-state index contributed by atoms with van der Waals surface area (Å²) in [6.45, 7) is 0. The van der Waals surface area contributed by atoms with Crippen LogP contribution in [0.5, 0.6) is 0 Å². The van der Waals surface area contributed by atoms with Crippen LogP contribution in [0.2, 0.25) is 0 Å². The molecule has 0 aliphatic rings. The number of fused-ring (bicyclic) bond motifs is 1. The molecular formula is C12H11N5. The van der Waals surface area contributed by atoms with E-state index < -0.39 is 0 Å². The third-order valence-corrected chi connectivity index (χ3v) is 2.56. The number of benzene rings is 1. The first-order valence-electron chi connectivity index (χ1n) is 5.21. The van der Waals surface area contributed by atoms with Gasteiger partial charge in [0.2, 0.25) is 5.95 Å². The summed E-state index contributed by atoms with van der Waals surface area (Å²) in [6.07, 6.45) is 0. The van der Waals surface area contributed by atoms with Crippen molar-refractivity contribution in [3.8, 4) is 11.3 Å². The normalized spacial score (nSPS) is 10.8. The molecule has 0 fully saturated rings. The maximum atomic E-state index is 5.78. The van der Waals surface area contributed by atoms with Gasteiger partial charge in [0.1, 0.15) is 0 Å². The summed E-state index contributed by atoms with van der Waals surface area (Å²) in [5.74, 6) is 0.265. The molecule has 0 aliphatic carbocycles. The van der Waals surface area contributed by atoms with Gasteiger partial charge in [-0.25, -0.2) is 4.52 Å². The van der Waals surface area contributed by atoms with Gasteiger partial charge in [-0.1, -0.05) is 18.2 Å². The molecule has 84 valence electrons. The molecule has 4 N–H and O–H groups in total. The molecule has 17 heavy (non-hydrogen) atoms. The van der Waals surface area contributed by atoms with Crippen LogP contribution in [0, 0.1) is 0 Å². The molecule has 0 atom stereocenters. The summed E-state index contributed by atoms with van der Waals surface area (Å²) in [7, 11) is 0. The quantitative estimate of drug-likeness (QED) is 0.616. The van der Waals surface area contributed by atoms with Crippen molar-refractivity contribution in [2.75, 3.05) is 11.5 Å². The van der Waals surface area contributed by atoms with E-state index in [1.54, 1.807) is 4.52 Å². The zero-order valence-corrected chi connectivity index (χ0v) is 9.04. The Balaban J connectivity index is 2.30. The molecule has 0 unspecified atom stereocenters. The molecule has 3 rings (SSSR count). The number of pyridine rings is 1. The Kier molecular flexibility index (Phi) is 1.98. The summed E-state index contributed by atoms with van der Waals surface area (Å²) in [5, 5.41) is 4.16. The van der Waals surface area contributed by atoms with Gasteiger partial charge in [0.05, 0.1) is 5.69 Å². The standard InChI is InChI=1S/C12H11N5/c13-9-4-1-3-8(7-9)10-5-2-6-11-15-12(14)16-17(10)11/h1-7H,13H2,(H2,14,16). The van der Waals surface area contributed by atoms with Crippen LogP contribution in [0.4, 0.5) is 11.6 Å². The summed E-state index contributed by atoms with van der Waals surface area (Å²) < 4.78 is 1.71. The maximum absolute atomic E-state index is 5.78. The summed E-state index contributed by atoms with van der Waals surface area (Å²) >= 11 is 0. The zero-order valence-electron chi connectivity index (χ0n) is 9.04. The summed E-state index contributed by atoms with van der Waals surface area (Å²) in [4.78, 5) is 4.12. The molecule has 0 saturated heterocycles. The number of hydrogen-bond acceptors (Lipinski definition) is 4. The number of nitrogen functional groups attached to an aromatic ring is 2. The Morgan fingerprint density at radius 1 is 1.00 bits per heavy atom. The van der Waals surface area contributed by atoms with Crippen LogP contribution < -0.4 is 11.5 Å². The lowest BCUT2D eigenvalue weighted by Crippen LogP contribution is -1.95. The molecule has 0 spiro atoms. The van der Waals surface area contributed by atoms with E-state index in [0.29, 0.717) is 5.69 Å². The highest BCUT2D eigenvalue weighted by molar-refractivity contribution is 5.66. The molecule has 5 heteroatoms. The first-order chi connectivity index (χ1) is 8.24. The third-order valence-electron chi connectivity index (χ3n) is 2.56. The molecule has 0 bridgehead atoms. The molecular weight excluding hydrogens is 214 g/mol. The van der Waals surface area contributed by atoms with Gasteiger partial charge in [0.15, 0.2) is 5.65 Å². The minimum atomic E-state index is 0.265. The van der Waals surface area contributed by atoms with Crippen molar-refractivity contribution >= 4 is 17.3 Å². The van der Waals surface area contributed by atoms with Gasteiger partial charge in [0, 0.05) is 11.3 Å². The van der Waals surface area contributed by atoms with E-state index in [9.17, 15) is 0 Å². The van der Waals surface area contributed by atoms with E-state index in [1.807, 2.05) is 42.5 Å². The number of hydrogen-bond donors (Lipinski definition) is 2. The van der Waals surface area contributed by atoms with Gasteiger partial charge < -0.3 is 11.5 Å². The minimum absolute atomic E-state index is 0.265. The number of nitrogens with zero attached hydrogens (tertiary/aromatic N) is 3. The number of rotatable bonds is 1. The van der Waals surface area contributed by atoms with Crippen molar-refractivity contribution in [1.29, 1.82) is 0 Å². The molecule has 1 aromatic carbocycles. The second-order valence-corrected chi connectivity index (χ2v) is 3.78. The van der Waals surface area contributed by atoms with Crippen molar-refractivity contribution in [3.63, 3.8) is 0 Å². The van der Waals surface area contributed by atoms with Gasteiger partial charge in [-0.05, 0) is 24.3 Å². The highest BCUT2D eigenvalue weighted by atomic mass is 15.3. The Hall–Kier alpha value is -2.56. The van der Waals surface area contributed by atoms with Crippen molar-refractivity contribution in [2.45, 2.75) is 0 Å². The average Bonchev–Trinajstić information content (AvgIpc) is 2.68. The Bertz CT molecular complexity index is 686. The highest BCUT2D eigenvalue weighted by Gasteiger charge is 2.06. The topological polar surface area (TPSA) is 82.2 Å². The minimum Gasteiger partial charge on any atom is -0.399 e. The summed E-state index contributed by atoms with van der Waals surface area (Å²) in [6, 6.07) is 13.4. The third kappa shape index (κ3) is 1.57. The molecule has 3 aromatic rings. The zero-order chi connectivity index (χ0) is 11.8. The molecule has 0 aliphatic heterocycles. The maximum Gasteiger partial charge on any atom is 0.240 e. The largest absolute Gasteiger partial charge is 0.399 e. The predicted octanol–water partition coefficient (Wildman–Crippen LogP) is 1.56. The van der Waals surface area contributed by atoms with Crippen LogP contribution in [0.1, 0.15) is 0 Å². The van der Waals surface area contributed by atoms with Crippen LogP contribution in [-0.2, 0) is 0 Å². The molecule has 2 heterocycles. The Labute approximate surface area is 97.7 Å². The van der Waals surface area contributed by atoms with Crippen molar-refractivity contribution in [3.05, 3.63) is 42.5 Å². The molecule has 0 amide bonds. The van der Waals surface area contributed by atoms with Crippen molar-refractivity contribution < 1.29 is 0 Å². The Morgan fingerprint density at radius 3 is 2.65 bits per heavy atom. The molecule has 5 nitrogen and oxygen atoms in total. The van der Waals surface area contributed by atoms with E-state index in [-0.39, 0.29) is 5.95 Å². The lowest BCUT2D eigenvalue weighted by Gasteiger charge is -2.04. The van der Waals surface area contributed by atoms with E-state index in [2.05, 4.69) is 10.1 Å².